The van der Waals surface area contributed by atoms with Gasteiger partial charge in [-0.25, -0.2) is 4.39 Å². The molecule has 0 N–H and O–H groups in total. The maximum atomic E-state index is 12.4. The van der Waals surface area contributed by atoms with E-state index in [0.717, 1.165) is 0 Å². The number of hydrogen-bond donors (Lipinski definition) is 0. The Bertz CT molecular complexity index is 192. The van der Waals surface area contributed by atoms with Crippen LogP contribution in [0.3, 0.4) is 0 Å². The van der Waals surface area contributed by atoms with Crippen LogP contribution >= 0.6 is 0 Å². The van der Waals surface area contributed by atoms with Crippen molar-refractivity contribution in [3.05, 3.63) is 0 Å². The van der Waals surface area contributed by atoms with E-state index in [9.17, 15) is 17.6 Å². The Morgan fingerprint density at radius 3 is 1.80 bits per heavy atom. The van der Waals surface area contributed by atoms with E-state index in [4.69, 9.17) is 0 Å². The Balaban J connectivity index is 2.34. The van der Waals surface area contributed by atoms with Crippen LogP contribution in [-0.2, 0) is 9.47 Å². The summed E-state index contributed by atoms with van der Waals surface area (Å²) in [6, 6.07) is 0. The number of alkyl halides is 4. The summed E-state index contributed by atoms with van der Waals surface area (Å²) in [6.45, 7) is -1.05. The van der Waals surface area contributed by atoms with E-state index in [0.29, 0.717) is 0 Å². The van der Waals surface area contributed by atoms with Crippen molar-refractivity contribution in [3.63, 3.8) is 0 Å². The molecular formula is C4H2F4O2. The monoisotopic (exact) mass is 158 g/mol. The Morgan fingerprint density at radius 2 is 1.70 bits per heavy atom. The molecule has 2 nitrogen and oxygen atoms in total. The van der Waals surface area contributed by atoms with Crippen LogP contribution in [0.1, 0.15) is 0 Å². The first-order valence-corrected chi connectivity index (χ1v) is 2.51. The lowest BCUT2D eigenvalue weighted by Gasteiger charge is -2.09. The summed E-state index contributed by atoms with van der Waals surface area (Å²) < 4.78 is 55.9. The number of fused-ring (bicyclic) bond motifs is 1. The van der Waals surface area contributed by atoms with E-state index in [-0.39, 0.29) is 0 Å². The zero-order valence-electron chi connectivity index (χ0n) is 4.54. The second-order valence-corrected chi connectivity index (χ2v) is 2.23. The fourth-order valence-electron chi connectivity index (χ4n) is 0.873. The van der Waals surface area contributed by atoms with Gasteiger partial charge in [0.25, 0.3) is 0 Å². The van der Waals surface area contributed by atoms with Crippen molar-refractivity contribution in [2.24, 2.45) is 0 Å². The highest BCUT2D eigenvalue weighted by molar-refractivity contribution is 5.11. The van der Waals surface area contributed by atoms with Crippen molar-refractivity contribution >= 4 is 0 Å². The van der Waals surface area contributed by atoms with Crippen molar-refractivity contribution in [2.45, 2.75) is 17.8 Å². The molecule has 0 bridgehead atoms. The third-order valence-electron chi connectivity index (χ3n) is 1.55. The molecule has 0 spiro atoms. The third kappa shape index (κ3) is 0.411. The van der Waals surface area contributed by atoms with E-state index >= 15 is 0 Å². The average Bonchev–Trinajstić information content (AvgIpc) is 2.29. The third-order valence-corrected chi connectivity index (χ3v) is 1.55. The number of epoxide rings is 1. The van der Waals surface area contributed by atoms with Crippen molar-refractivity contribution in [3.8, 4) is 0 Å². The molecule has 2 heterocycles. The lowest BCUT2D eigenvalue weighted by Crippen LogP contribution is -2.32. The summed E-state index contributed by atoms with van der Waals surface area (Å²) in [4.78, 5) is 0. The molecule has 2 aliphatic heterocycles. The van der Waals surface area contributed by atoms with E-state index in [1.54, 1.807) is 0 Å². The zero-order chi connectivity index (χ0) is 7.62. The summed E-state index contributed by atoms with van der Waals surface area (Å²) in [5, 5.41) is 0. The molecule has 0 aromatic rings. The van der Waals surface area contributed by atoms with Crippen LogP contribution in [0, 0.1) is 0 Å². The van der Waals surface area contributed by atoms with Gasteiger partial charge in [-0.3, -0.25) is 4.74 Å². The highest BCUT2D eigenvalue weighted by Crippen LogP contribution is 2.64. The molecule has 0 radical (unpaired) electrons. The van der Waals surface area contributed by atoms with Crippen molar-refractivity contribution < 1.29 is 27.0 Å². The van der Waals surface area contributed by atoms with Crippen LogP contribution in [0.4, 0.5) is 17.6 Å². The summed E-state index contributed by atoms with van der Waals surface area (Å²) >= 11 is 0. The Kier molecular flexibility index (Phi) is 0.752. The van der Waals surface area contributed by atoms with Crippen molar-refractivity contribution in [2.75, 3.05) is 6.61 Å². The first kappa shape index (κ1) is 6.36. The summed E-state index contributed by atoms with van der Waals surface area (Å²) in [5.41, 5.74) is 0. The van der Waals surface area contributed by atoms with Crippen LogP contribution in [0.25, 0.3) is 0 Å². The van der Waals surface area contributed by atoms with Crippen molar-refractivity contribution in [1.29, 1.82) is 0 Å². The molecule has 6 heteroatoms. The first-order chi connectivity index (χ1) is 4.41. The van der Waals surface area contributed by atoms with Gasteiger partial charge in [-0.1, -0.05) is 0 Å². The van der Waals surface area contributed by atoms with Gasteiger partial charge in [-0.15, -0.1) is 0 Å². The molecule has 0 aromatic heterocycles. The second kappa shape index (κ2) is 1.18. The SMILES string of the molecule is FC1(F)OCC2(F)OC12F. The lowest BCUT2D eigenvalue weighted by molar-refractivity contribution is -0.293. The van der Waals surface area contributed by atoms with Gasteiger partial charge in [0, 0.05) is 0 Å². The topological polar surface area (TPSA) is 21.8 Å². The normalized spacial score (nSPS) is 56.4. The molecule has 2 fully saturated rings. The highest BCUT2D eigenvalue weighted by Gasteiger charge is 2.92. The predicted octanol–water partition coefficient (Wildman–Crippen LogP) is 0.971. The van der Waals surface area contributed by atoms with E-state index in [1.165, 1.54) is 0 Å². The minimum atomic E-state index is -4.14. The lowest BCUT2D eigenvalue weighted by atomic mass is 10.3. The molecule has 10 heavy (non-hydrogen) atoms. The van der Waals surface area contributed by atoms with E-state index < -0.39 is 24.4 Å². The predicted molar refractivity (Wildman–Crippen MR) is 19.7 cm³/mol. The molecule has 0 amide bonds. The standard InChI is InChI=1S/C4H2F4O2/c5-2-1-9-4(7,8)3(2,6)10-2/h1H2. The Morgan fingerprint density at radius 1 is 1.10 bits per heavy atom. The maximum absolute atomic E-state index is 12.4. The maximum Gasteiger partial charge on any atom is 0.421 e. The van der Waals surface area contributed by atoms with E-state index in [1.807, 2.05) is 0 Å². The number of halogens is 4. The van der Waals surface area contributed by atoms with Crippen LogP contribution in [0.2, 0.25) is 0 Å². The zero-order valence-corrected chi connectivity index (χ0v) is 4.54. The summed E-state index contributed by atoms with van der Waals surface area (Å²) in [7, 11) is 0. The van der Waals surface area contributed by atoms with Crippen molar-refractivity contribution in [1.82, 2.24) is 0 Å². The summed E-state index contributed by atoms with van der Waals surface area (Å²) in [5.74, 6) is -6.43. The van der Waals surface area contributed by atoms with Gasteiger partial charge in [0.05, 0.1) is 0 Å². The van der Waals surface area contributed by atoms with E-state index in [2.05, 4.69) is 9.47 Å². The smallest absolute Gasteiger partial charge is 0.309 e. The number of ether oxygens (including phenoxy) is 2. The second-order valence-electron chi connectivity index (χ2n) is 2.23. The van der Waals surface area contributed by atoms with Crippen LogP contribution in [0.5, 0.6) is 0 Å². The minimum Gasteiger partial charge on any atom is -0.309 e. The molecule has 58 valence electrons. The Hall–Kier alpha value is -0.360. The molecule has 0 saturated carbocycles. The molecule has 0 aliphatic carbocycles. The van der Waals surface area contributed by atoms with Gasteiger partial charge in [0.1, 0.15) is 6.61 Å². The number of hydrogen-bond acceptors (Lipinski definition) is 2. The van der Waals surface area contributed by atoms with Gasteiger partial charge in [0.15, 0.2) is 0 Å². The van der Waals surface area contributed by atoms with Gasteiger partial charge in [0.2, 0.25) is 0 Å². The first-order valence-electron chi connectivity index (χ1n) is 2.51. The average molecular weight is 158 g/mol. The molecule has 2 unspecified atom stereocenters. The quantitative estimate of drug-likeness (QED) is 0.387. The molecule has 2 rings (SSSR count). The summed E-state index contributed by atoms with van der Waals surface area (Å²) in [6.07, 6.45) is -4.14. The molecule has 0 aromatic carbocycles. The minimum absolute atomic E-state index is 1.05. The molecule has 2 saturated heterocycles. The Labute approximate surface area is 52.7 Å². The van der Waals surface area contributed by atoms with Crippen LogP contribution < -0.4 is 0 Å². The largest absolute Gasteiger partial charge is 0.421 e. The fraction of sp³-hybridized carbons (Fsp3) is 1.00. The number of rotatable bonds is 0. The van der Waals surface area contributed by atoms with Gasteiger partial charge in [-0.05, 0) is 0 Å². The van der Waals surface area contributed by atoms with Gasteiger partial charge >= 0.3 is 17.8 Å². The van der Waals surface area contributed by atoms with Gasteiger partial charge < -0.3 is 4.74 Å². The molecule has 2 atom stereocenters. The van der Waals surface area contributed by atoms with Crippen LogP contribution in [0.15, 0.2) is 0 Å². The van der Waals surface area contributed by atoms with Gasteiger partial charge in [-0.2, -0.15) is 13.2 Å². The highest BCUT2D eigenvalue weighted by atomic mass is 19.3. The van der Waals surface area contributed by atoms with Crippen LogP contribution in [-0.4, -0.2) is 24.4 Å². The molecular weight excluding hydrogens is 156 g/mol. The molecule has 2 aliphatic rings. The fourth-order valence-corrected chi connectivity index (χ4v) is 0.873.